The molecule has 0 aliphatic heterocycles. The molecule has 6 nitrogen and oxygen atoms in total. The van der Waals surface area contributed by atoms with E-state index in [0.29, 0.717) is 28.9 Å². The monoisotopic (exact) mass is 407 g/mol. The minimum absolute atomic E-state index is 0.0861. The van der Waals surface area contributed by atoms with Crippen molar-refractivity contribution in [2.75, 3.05) is 11.9 Å². The normalized spacial score (nSPS) is 11.2. The number of nitrogens with zero attached hydrogens (tertiary/aromatic N) is 2. The summed E-state index contributed by atoms with van der Waals surface area (Å²) in [7, 11) is 0. The first kappa shape index (κ1) is 21.6. The van der Waals surface area contributed by atoms with Gasteiger partial charge in [-0.2, -0.15) is 4.98 Å². The van der Waals surface area contributed by atoms with Gasteiger partial charge in [0.1, 0.15) is 5.75 Å². The van der Waals surface area contributed by atoms with E-state index in [1.165, 1.54) is 5.56 Å². The van der Waals surface area contributed by atoms with Crippen LogP contribution in [0, 0.1) is 13.8 Å². The third kappa shape index (κ3) is 4.87. The van der Waals surface area contributed by atoms with Crippen LogP contribution in [0.15, 0.2) is 40.9 Å². The molecule has 0 saturated carbocycles. The van der Waals surface area contributed by atoms with Crippen molar-refractivity contribution in [1.82, 2.24) is 10.1 Å². The second-order valence-corrected chi connectivity index (χ2v) is 8.13. The molecule has 0 saturated heterocycles. The topological polar surface area (TPSA) is 77.2 Å². The van der Waals surface area contributed by atoms with Gasteiger partial charge in [-0.25, -0.2) is 0 Å². The van der Waals surface area contributed by atoms with Crippen LogP contribution in [0.3, 0.4) is 0 Å². The fourth-order valence-corrected chi connectivity index (χ4v) is 3.04. The van der Waals surface area contributed by atoms with E-state index in [4.69, 9.17) is 9.26 Å². The average molecular weight is 408 g/mol. The van der Waals surface area contributed by atoms with Gasteiger partial charge in [0.2, 0.25) is 0 Å². The summed E-state index contributed by atoms with van der Waals surface area (Å²) in [6, 6.07) is 11.8. The first-order chi connectivity index (χ1) is 14.3. The van der Waals surface area contributed by atoms with Crippen molar-refractivity contribution in [3.8, 4) is 17.2 Å². The highest BCUT2D eigenvalue weighted by molar-refractivity contribution is 5.96. The van der Waals surface area contributed by atoms with Gasteiger partial charge in [-0.1, -0.05) is 57.1 Å². The van der Waals surface area contributed by atoms with Gasteiger partial charge in [0.05, 0.1) is 11.3 Å². The summed E-state index contributed by atoms with van der Waals surface area (Å²) in [5, 5.41) is 6.98. The average Bonchev–Trinajstić information content (AvgIpc) is 3.19. The Balaban J connectivity index is 1.76. The number of carbonyl (C=O) groups excluding carboxylic acids is 1. The van der Waals surface area contributed by atoms with Crippen molar-refractivity contribution in [2.24, 2.45) is 0 Å². The Bertz CT molecular complexity index is 1040. The summed E-state index contributed by atoms with van der Waals surface area (Å²) in [6.07, 6.45) is 0. The predicted octanol–water partition coefficient (Wildman–Crippen LogP) is 5.62. The van der Waals surface area contributed by atoms with E-state index in [-0.39, 0.29) is 18.4 Å². The number of hydrogen-bond donors (Lipinski definition) is 1. The second kappa shape index (κ2) is 9.11. The highest BCUT2D eigenvalue weighted by Gasteiger charge is 2.18. The van der Waals surface area contributed by atoms with Gasteiger partial charge in [-0.05, 0) is 48.6 Å². The Morgan fingerprint density at radius 3 is 2.50 bits per heavy atom. The molecule has 0 bridgehead atoms. The highest BCUT2D eigenvalue weighted by atomic mass is 16.5. The summed E-state index contributed by atoms with van der Waals surface area (Å²) in [4.78, 5) is 17.1. The van der Waals surface area contributed by atoms with E-state index in [9.17, 15) is 4.79 Å². The molecule has 0 aliphatic carbocycles. The molecule has 30 heavy (non-hydrogen) atoms. The van der Waals surface area contributed by atoms with Gasteiger partial charge < -0.3 is 14.6 Å². The number of nitrogens with one attached hydrogen (secondary N) is 1. The number of anilines is 1. The molecule has 1 amide bonds. The molecular weight excluding hydrogens is 378 g/mol. The molecule has 0 unspecified atom stereocenters. The summed E-state index contributed by atoms with van der Waals surface area (Å²) in [5.41, 5.74) is 4.42. The molecule has 3 aromatic rings. The summed E-state index contributed by atoms with van der Waals surface area (Å²) in [5.74, 6) is 2.04. The summed E-state index contributed by atoms with van der Waals surface area (Å²) >= 11 is 0. The lowest BCUT2D eigenvalue weighted by Gasteiger charge is -2.14. The molecular formula is C24H29N3O3. The molecule has 158 valence electrons. The lowest BCUT2D eigenvalue weighted by atomic mass is 10.0. The number of hydrogen-bond acceptors (Lipinski definition) is 5. The summed E-state index contributed by atoms with van der Waals surface area (Å²) < 4.78 is 11.2. The van der Waals surface area contributed by atoms with Crippen molar-refractivity contribution in [3.63, 3.8) is 0 Å². The van der Waals surface area contributed by atoms with Gasteiger partial charge in [-0.3, -0.25) is 4.79 Å². The highest BCUT2D eigenvalue weighted by Crippen LogP contribution is 2.31. The molecule has 0 fully saturated rings. The fraction of sp³-hybridized carbons (Fsp3) is 0.375. The molecule has 0 atom stereocenters. The maximum Gasteiger partial charge on any atom is 0.262 e. The molecule has 0 radical (unpaired) electrons. The number of ether oxygens (including phenoxy) is 1. The quantitative estimate of drug-likeness (QED) is 0.550. The molecule has 6 heteroatoms. The molecule has 1 N–H and O–H groups in total. The number of aromatic nitrogens is 2. The van der Waals surface area contributed by atoms with Crippen LogP contribution in [0.4, 0.5) is 5.69 Å². The molecule has 0 aliphatic rings. The van der Waals surface area contributed by atoms with Crippen LogP contribution >= 0.6 is 0 Å². The molecule has 1 aromatic heterocycles. The van der Waals surface area contributed by atoms with Crippen LogP contribution in [0.1, 0.15) is 62.0 Å². The maximum absolute atomic E-state index is 12.7. The number of aryl methyl sites for hydroxylation is 2. The number of carbonyl (C=O) groups is 1. The van der Waals surface area contributed by atoms with E-state index in [1.807, 2.05) is 58.0 Å². The SMILES string of the molecule is Cc1ccc(C(C)C)cc1OCC(=O)Nc1c(C)cccc1-c1nc(C(C)C)no1. The minimum atomic E-state index is -0.247. The first-order valence-corrected chi connectivity index (χ1v) is 10.2. The third-order valence-electron chi connectivity index (χ3n) is 4.96. The van der Waals surface area contributed by atoms with Gasteiger partial charge in [0.25, 0.3) is 11.8 Å². The minimum Gasteiger partial charge on any atom is -0.483 e. The Morgan fingerprint density at radius 2 is 1.83 bits per heavy atom. The van der Waals surface area contributed by atoms with Gasteiger partial charge in [0.15, 0.2) is 12.4 Å². The van der Waals surface area contributed by atoms with Crippen molar-refractivity contribution < 1.29 is 14.1 Å². The van der Waals surface area contributed by atoms with Crippen molar-refractivity contribution in [3.05, 3.63) is 58.9 Å². The fourth-order valence-electron chi connectivity index (χ4n) is 3.04. The van der Waals surface area contributed by atoms with Crippen LogP contribution in [-0.4, -0.2) is 22.7 Å². The second-order valence-electron chi connectivity index (χ2n) is 8.13. The van der Waals surface area contributed by atoms with Crippen molar-refractivity contribution >= 4 is 11.6 Å². The van der Waals surface area contributed by atoms with Crippen LogP contribution in [0.5, 0.6) is 5.75 Å². The van der Waals surface area contributed by atoms with Crippen LogP contribution in [-0.2, 0) is 4.79 Å². The largest absolute Gasteiger partial charge is 0.483 e. The Labute approximate surface area is 177 Å². The Kier molecular flexibility index (Phi) is 6.55. The van der Waals surface area contributed by atoms with Crippen molar-refractivity contribution in [2.45, 2.75) is 53.4 Å². The van der Waals surface area contributed by atoms with Crippen LogP contribution in [0.25, 0.3) is 11.5 Å². The third-order valence-corrected chi connectivity index (χ3v) is 4.96. The predicted molar refractivity (Wildman–Crippen MR) is 118 cm³/mol. The molecule has 0 spiro atoms. The molecule has 3 rings (SSSR count). The zero-order chi connectivity index (χ0) is 21.8. The molecule has 1 heterocycles. The first-order valence-electron chi connectivity index (χ1n) is 10.2. The Hall–Kier alpha value is -3.15. The maximum atomic E-state index is 12.7. The Morgan fingerprint density at radius 1 is 1.07 bits per heavy atom. The van der Waals surface area contributed by atoms with E-state index in [2.05, 4.69) is 35.4 Å². The number of benzene rings is 2. The lowest BCUT2D eigenvalue weighted by molar-refractivity contribution is -0.118. The van der Waals surface area contributed by atoms with Gasteiger partial charge in [-0.15, -0.1) is 0 Å². The smallest absolute Gasteiger partial charge is 0.262 e. The van der Waals surface area contributed by atoms with E-state index >= 15 is 0 Å². The summed E-state index contributed by atoms with van der Waals surface area (Å²) in [6.45, 7) is 12.1. The number of rotatable bonds is 7. The zero-order valence-electron chi connectivity index (χ0n) is 18.4. The van der Waals surface area contributed by atoms with Gasteiger partial charge >= 0.3 is 0 Å². The lowest BCUT2D eigenvalue weighted by Crippen LogP contribution is -2.21. The van der Waals surface area contributed by atoms with E-state index < -0.39 is 0 Å². The number of amides is 1. The van der Waals surface area contributed by atoms with E-state index in [1.54, 1.807) is 0 Å². The number of para-hydroxylation sites is 1. The van der Waals surface area contributed by atoms with Crippen LogP contribution < -0.4 is 10.1 Å². The molecule has 2 aromatic carbocycles. The van der Waals surface area contributed by atoms with Crippen LogP contribution in [0.2, 0.25) is 0 Å². The van der Waals surface area contributed by atoms with Gasteiger partial charge in [0, 0.05) is 5.92 Å². The van der Waals surface area contributed by atoms with Crippen molar-refractivity contribution in [1.29, 1.82) is 0 Å². The zero-order valence-corrected chi connectivity index (χ0v) is 18.4. The standard InChI is InChI=1S/C24H29N3O3/c1-14(2)18-11-10-16(5)20(12-18)29-13-21(28)25-22-17(6)8-7-9-19(22)24-26-23(15(3)4)27-30-24/h7-12,14-15H,13H2,1-6H3,(H,25,28). The van der Waals surface area contributed by atoms with E-state index in [0.717, 1.165) is 16.9 Å².